The molecule has 0 saturated heterocycles. The van der Waals surface area contributed by atoms with Gasteiger partial charge in [-0.3, -0.25) is 9.78 Å². The van der Waals surface area contributed by atoms with E-state index >= 15 is 0 Å². The second-order valence-electron chi connectivity index (χ2n) is 6.45. The molecule has 1 aromatic carbocycles. The molecule has 3 rings (SSSR count). The number of aromatic nitrogens is 1. The molecule has 1 unspecified atom stereocenters. The number of benzene rings is 1. The molecule has 3 heteroatoms. The quantitative estimate of drug-likeness (QED) is 0.899. The summed E-state index contributed by atoms with van der Waals surface area (Å²) in [4.78, 5) is 16.3. The topological polar surface area (TPSA) is 42.0 Å². The van der Waals surface area contributed by atoms with E-state index in [0.717, 1.165) is 12.1 Å². The molecule has 1 aliphatic rings. The summed E-state index contributed by atoms with van der Waals surface area (Å²) in [7, 11) is 0. The lowest BCUT2D eigenvalue weighted by Crippen LogP contribution is -2.15. The third-order valence-corrected chi connectivity index (χ3v) is 4.32. The van der Waals surface area contributed by atoms with Crippen LogP contribution in [0.2, 0.25) is 0 Å². The van der Waals surface area contributed by atoms with Crippen LogP contribution in [-0.4, -0.2) is 10.9 Å². The molecule has 3 nitrogen and oxygen atoms in total. The summed E-state index contributed by atoms with van der Waals surface area (Å²) >= 11 is 0. The Bertz CT molecular complexity index is 677. The normalized spacial score (nSPS) is 19.1. The van der Waals surface area contributed by atoms with E-state index in [1.165, 1.54) is 11.1 Å². The summed E-state index contributed by atoms with van der Waals surface area (Å²) < 4.78 is 0. The molecule has 2 aromatic rings. The Morgan fingerprint density at radius 2 is 2.10 bits per heavy atom. The molecule has 1 amide bonds. The number of pyridine rings is 1. The molecule has 0 bridgehead atoms. The van der Waals surface area contributed by atoms with Crippen molar-refractivity contribution < 1.29 is 4.79 Å². The number of nitrogens with zero attached hydrogens (tertiary/aromatic N) is 1. The summed E-state index contributed by atoms with van der Waals surface area (Å²) in [5.41, 5.74) is 4.31. The third-order valence-electron chi connectivity index (χ3n) is 4.32. The number of rotatable bonds is 2. The maximum atomic E-state index is 12.3. The van der Waals surface area contributed by atoms with E-state index in [0.29, 0.717) is 11.5 Å². The van der Waals surface area contributed by atoms with Crippen LogP contribution in [0, 0.1) is 0 Å². The standard InChI is InChI=1S/C18H20N2O/c1-12-10-18(2,3)14-7-4-8-15(16(12)14)20-17(21)13-6-5-9-19-11-13/h4-9,11-12H,10H2,1-3H3,(H,20,21). The molecule has 0 aliphatic heterocycles. The average molecular weight is 280 g/mol. The molecule has 1 N–H and O–H groups in total. The minimum atomic E-state index is -0.103. The van der Waals surface area contributed by atoms with Crippen LogP contribution < -0.4 is 5.32 Å². The van der Waals surface area contributed by atoms with Gasteiger partial charge in [-0.15, -0.1) is 0 Å². The molecule has 108 valence electrons. The fraction of sp³-hybridized carbons (Fsp3) is 0.333. The van der Waals surface area contributed by atoms with Crippen LogP contribution in [0.25, 0.3) is 0 Å². The fourth-order valence-electron chi connectivity index (χ4n) is 3.46. The lowest BCUT2D eigenvalue weighted by Gasteiger charge is -2.19. The number of amides is 1. The largest absolute Gasteiger partial charge is 0.322 e. The predicted molar refractivity (Wildman–Crippen MR) is 84.7 cm³/mol. The van der Waals surface area contributed by atoms with Gasteiger partial charge >= 0.3 is 0 Å². The highest BCUT2D eigenvalue weighted by Crippen LogP contribution is 2.48. The van der Waals surface area contributed by atoms with Crippen LogP contribution in [0.5, 0.6) is 0 Å². The highest BCUT2D eigenvalue weighted by Gasteiger charge is 2.36. The van der Waals surface area contributed by atoms with E-state index in [4.69, 9.17) is 0 Å². The summed E-state index contributed by atoms with van der Waals surface area (Å²) in [5.74, 6) is 0.355. The lowest BCUT2D eigenvalue weighted by atomic mass is 9.86. The Morgan fingerprint density at radius 3 is 2.81 bits per heavy atom. The molecule has 0 spiro atoms. The lowest BCUT2D eigenvalue weighted by molar-refractivity contribution is 0.102. The van der Waals surface area contributed by atoms with Crippen molar-refractivity contribution in [3.63, 3.8) is 0 Å². The van der Waals surface area contributed by atoms with Crippen LogP contribution in [0.4, 0.5) is 5.69 Å². The number of carbonyl (C=O) groups excluding carboxylic acids is 1. The van der Waals surface area contributed by atoms with Crippen molar-refractivity contribution in [1.82, 2.24) is 4.98 Å². The number of hydrogen-bond donors (Lipinski definition) is 1. The van der Waals surface area contributed by atoms with Gasteiger partial charge in [0.1, 0.15) is 0 Å². The van der Waals surface area contributed by atoms with Crippen molar-refractivity contribution in [3.05, 3.63) is 59.4 Å². The van der Waals surface area contributed by atoms with Crippen LogP contribution in [0.1, 0.15) is 54.6 Å². The predicted octanol–water partition coefficient (Wildman–Crippen LogP) is 4.12. The minimum Gasteiger partial charge on any atom is -0.322 e. The van der Waals surface area contributed by atoms with Crippen molar-refractivity contribution in [1.29, 1.82) is 0 Å². The van der Waals surface area contributed by atoms with Gasteiger partial charge in [0, 0.05) is 18.1 Å². The molecule has 1 heterocycles. The third kappa shape index (κ3) is 2.44. The van der Waals surface area contributed by atoms with Crippen LogP contribution in [0.15, 0.2) is 42.7 Å². The van der Waals surface area contributed by atoms with E-state index in [9.17, 15) is 4.79 Å². The smallest absolute Gasteiger partial charge is 0.257 e. The van der Waals surface area contributed by atoms with Crippen LogP contribution in [0.3, 0.4) is 0 Å². The number of anilines is 1. The van der Waals surface area contributed by atoms with Gasteiger partial charge in [-0.25, -0.2) is 0 Å². The van der Waals surface area contributed by atoms with Gasteiger partial charge in [-0.2, -0.15) is 0 Å². The van der Waals surface area contributed by atoms with E-state index < -0.39 is 0 Å². The fourth-order valence-corrected chi connectivity index (χ4v) is 3.46. The monoisotopic (exact) mass is 280 g/mol. The summed E-state index contributed by atoms with van der Waals surface area (Å²) in [6.07, 6.45) is 4.37. The second kappa shape index (κ2) is 4.99. The van der Waals surface area contributed by atoms with Crippen LogP contribution >= 0.6 is 0 Å². The Balaban J connectivity index is 1.95. The van der Waals surface area contributed by atoms with Gasteiger partial charge in [-0.05, 0) is 47.1 Å². The van der Waals surface area contributed by atoms with Gasteiger partial charge in [0.15, 0.2) is 0 Å². The van der Waals surface area contributed by atoms with E-state index in [-0.39, 0.29) is 11.3 Å². The Labute approximate surface area is 125 Å². The van der Waals surface area contributed by atoms with Gasteiger partial charge in [0.25, 0.3) is 5.91 Å². The highest BCUT2D eigenvalue weighted by molar-refractivity contribution is 6.04. The zero-order valence-electron chi connectivity index (χ0n) is 12.7. The summed E-state index contributed by atoms with van der Waals surface area (Å²) in [6.45, 7) is 6.76. The van der Waals surface area contributed by atoms with Gasteiger partial charge < -0.3 is 5.32 Å². The van der Waals surface area contributed by atoms with Crippen molar-refractivity contribution >= 4 is 11.6 Å². The molecule has 1 aromatic heterocycles. The van der Waals surface area contributed by atoms with Crippen LogP contribution in [-0.2, 0) is 5.41 Å². The summed E-state index contributed by atoms with van der Waals surface area (Å²) in [5, 5.41) is 3.05. The minimum absolute atomic E-state index is 0.103. The van der Waals surface area contributed by atoms with E-state index in [1.54, 1.807) is 24.5 Å². The number of nitrogens with one attached hydrogen (secondary N) is 1. The average Bonchev–Trinajstić information content (AvgIpc) is 2.70. The molecular formula is C18H20N2O. The van der Waals surface area contributed by atoms with Gasteiger partial charge in [0.05, 0.1) is 5.56 Å². The Kier molecular flexibility index (Phi) is 3.28. The first-order valence-electron chi connectivity index (χ1n) is 7.34. The van der Waals surface area contributed by atoms with Gasteiger partial charge in [0.2, 0.25) is 0 Å². The first kappa shape index (κ1) is 13.8. The number of hydrogen-bond acceptors (Lipinski definition) is 2. The number of carbonyl (C=O) groups is 1. The molecule has 0 fully saturated rings. The first-order valence-corrected chi connectivity index (χ1v) is 7.34. The van der Waals surface area contributed by atoms with E-state index in [2.05, 4.69) is 37.1 Å². The van der Waals surface area contributed by atoms with Crippen molar-refractivity contribution in [3.8, 4) is 0 Å². The van der Waals surface area contributed by atoms with E-state index in [1.807, 2.05) is 12.1 Å². The Hall–Kier alpha value is -2.16. The Morgan fingerprint density at radius 1 is 1.29 bits per heavy atom. The maximum Gasteiger partial charge on any atom is 0.257 e. The summed E-state index contributed by atoms with van der Waals surface area (Å²) in [6, 6.07) is 9.75. The zero-order valence-corrected chi connectivity index (χ0v) is 12.7. The first-order chi connectivity index (χ1) is 9.99. The SMILES string of the molecule is CC1CC(C)(C)c2cccc(NC(=O)c3cccnc3)c21. The second-order valence-corrected chi connectivity index (χ2v) is 6.45. The molecular weight excluding hydrogens is 260 g/mol. The van der Waals surface area contributed by atoms with Crippen molar-refractivity contribution in [2.24, 2.45) is 0 Å². The molecule has 0 radical (unpaired) electrons. The molecule has 0 saturated carbocycles. The van der Waals surface area contributed by atoms with Crippen molar-refractivity contribution in [2.75, 3.05) is 5.32 Å². The number of fused-ring (bicyclic) bond motifs is 1. The zero-order chi connectivity index (χ0) is 15.0. The molecule has 1 atom stereocenters. The van der Waals surface area contributed by atoms with Gasteiger partial charge in [-0.1, -0.05) is 32.9 Å². The molecule has 21 heavy (non-hydrogen) atoms. The maximum absolute atomic E-state index is 12.3. The highest BCUT2D eigenvalue weighted by atomic mass is 16.1. The molecule has 1 aliphatic carbocycles. The van der Waals surface area contributed by atoms with Crippen molar-refractivity contribution in [2.45, 2.75) is 38.5 Å².